The first-order chi connectivity index (χ1) is 16.6. The molecule has 184 valence electrons. The number of unbranched alkanes of at least 4 members (excludes halogenated alkanes) is 6. The first-order valence-corrected chi connectivity index (χ1v) is 14.2. The van der Waals surface area contributed by atoms with Gasteiger partial charge in [-0.2, -0.15) is 0 Å². The van der Waals surface area contributed by atoms with E-state index < -0.39 is 0 Å². The van der Waals surface area contributed by atoms with Crippen LogP contribution in [0.3, 0.4) is 0 Å². The molecule has 4 rings (SSSR count). The van der Waals surface area contributed by atoms with E-state index >= 15 is 4.39 Å². The highest BCUT2D eigenvalue weighted by Crippen LogP contribution is 2.39. The summed E-state index contributed by atoms with van der Waals surface area (Å²) in [5.74, 6) is 1.27. The molecule has 1 saturated carbocycles. The molecule has 1 aliphatic carbocycles. The molecule has 0 aliphatic heterocycles. The molecule has 1 fully saturated rings. The average molecular weight is 481 g/mol. The number of hydrogen-bond donors (Lipinski definition) is 0. The van der Waals surface area contributed by atoms with Crippen molar-refractivity contribution in [1.29, 1.82) is 0 Å². The predicted octanol–water partition coefficient (Wildman–Crippen LogP) is 10.8. The van der Waals surface area contributed by atoms with E-state index in [9.17, 15) is 0 Å². The number of fused-ring (bicyclic) bond motifs is 3. The van der Waals surface area contributed by atoms with Gasteiger partial charge in [0.05, 0.1) is 0 Å². The van der Waals surface area contributed by atoms with Crippen molar-refractivity contribution >= 4 is 34.0 Å². The van der Waals surface area contributed by atoms with Gasteiger partial charge in [0.25, 0.3) is 0 Å². The lowest BCUT2D eigenvalue weighted by molar-refractivity contribution is 0.304. The second kappa shape index (κ2) is 12.3. The smallest absolute Gasteiger partial charge is 0.198 e. The van der Waals surface area contributed by atoms with Crippen LogP contribution in [0.2, 0.25) is 0 Å². The van der Waals surface area contributed by atoms with Crippen LogP contribution >= 0.6 is 12.2 Å². The van der Waals surface area contributed by atoms with E-state index in [1.807, 2.05) is 12.1 Å². The molecule has 1 aliphatic rings. The summed E-state index contributed by atoms with van der Waals surface area (Å²) >= 11 is 5.63. The lowest BCUT2D eigenvalue weighted by Gasteiger charge is -2.29. The van der Waals surface area contributed by atoms with Crippen LogP contribution in [0.25, 0.3) is 21.7 Å². The van der Waals surface area contributed by atoms with E-state index in [2.05, 4.69) is 32.0 Å². The molecule has 34 heavy (non-hydrogen) atoms. The summed E-state index contributed by atoms with van der Waals surface area (Å²) < 4.78 is 21.7. The van der Waals surface area contributed by atoms with Crippen LogP contribution in [0.5, 0.6) is 0 Å². The van der Waals surface area contributed by atoms with Crippen molar-refractivity contribution in [3.63, 3.8) is 0 Å². The SMILES string of the molecule is CCCCCCCCc1ccc2c(oc(=S)c3cc(C4CCC(CCCC)CC4)ccc32)c1F. The minimum Gasteiger partial charge on any atom is -0.441 e. The van der Waals surface area contributed by atoms with E-state index in [4.69, 9.17) is 16.6 Å². The highest BCUT2D eigenvalue weighted by Gasteiger charge is 2.23. The summed E-state index contributed by atoms with van der Waals surface area (Å²) in [7, 11) is 0. The minimum atomic E-state index is -0.228. The van der Waals surface area contributed by atoms with Gasteiger partial charge >= 0.3 is 0 Å². The van der Waals surface area contributed by atoms with Gasteiger partial charge in [0.2, 0.25) is 0 Å². The maximum atomic E-state index is 15.4. The summed E-state index contributed by atoms with van der Waals surface area (Å²) in [5, 5.41) is 2.80. The Bertz CT molecular complexity index is 1140. The minimum absolute atomic E-state index is 0.228. The van der Waals surface area contributed by atoms with Gasteiger partial charge in [-0.1, -0.05) is 89.5 Å². The lowest BCUT2D eigenvalue weighted by atomic mass is 9.77. The number of benzene rings is 2. The third-order valence-electron chi connectivity index (χ3n) is 8.01. The maximum absolute atomic E-state index is 15.4. The summed E-state index contributed by atoms with van der Waals surface area (Å²) in [6.07, 6.45) is 17.2. The van der Waals surface area contributed by atoms with E-state index in [0.717, 1.165) is 46.9 Å². The molecule has 2 aromatic carbocycles. The van der Waals surface area contributed by atoms with E-state index in [1.54, 1.807) is 0 Å². The van der Waals surface area contributed by atoms with Crippen LogP contribution in [-0.4, -0.2) is 0 Å². The number of halogens is 1. The maximum Gasteiger partial charge on any atom is 0.198 e. The Kier molecular flexibility index (Phi) is 9.17. The number of hydrogen-bond acceptors (Lipinski definition) is 2. The molecule has 1 nitrogen and oxygen atoms in total. The van der Waals surface area contributed by atoms with Crippen LogP contribution in [0.4, 0.5) is 4.39 Å². The van der Waals surface area contributed by atoms with Crippen molar-refractivity contribution in [2.45, 2.75) is 110 Å². The van der Waals surface area contributed by atoms with Crippen molar-refractivity contribution in [3.05, 3.63) is 52.0 Å². The topological polar surface area (TPSA) is 13.1 Å². The number of rotatable bonds is 11. The van der Waals surface area contributed by atoms with Gasteiger partial charge in [-0.3, -0.25) is 0 Å². The van der Waals surface area contributed by atoms with Crippen molar-refractivity contribution in [1.82, 2.24) is 0 Å². The lowest BCUT2D eigenvalue weighted by Crippen LogP contribution is -2.13. The Hall–Kier alpha value is -1.74. The van der Waals surface area contributed by atoms with Crippen molar-refractivity contribution in [3.8, 4) is 0 Å². The Labute approximate surface area is 210 Å². The summed E-state index contributed by atoms with van der Waals surface area (Å²) in [6.45, 7) is 4.51. The van der Waals surface area contributed by atoms with Crippen LogP contribution in [0.15, 0.2) is 34.7 Å². The molecule has 0 amide bonds. The standard InChI is InChI=1S/C31H41FOS/c1-3-5-7-8-9-10-12-24-17-20-27-26-19-18-25(21-28(26)31(34)33-30(27)29(24)32)23-15-13-22(14-16-23)11-6-4-2/h17-23H,3-16H2,1-2H3. The summed E-state index contributed by atoms with van der Waals surface area (Å²) in [4.78, 5) is 0. The molecular formula is C31H41FOS. The second-order valence-electron chi connectivity index (χ2n) is 10.5. The molecule has 1 heterocycles. The molecule has 0 bridgehead atoms. The predicted molar refractivity (Wildman–Crippen MR) is 146 cm³/mol. The fourth-order valence-corrected chi connectivity index (χ4v) is 6.09. The molecule has 3 aromatic rings. The monoisotopic (exact) mass is 480 g/mol. The first kappa shape index (κ1) is 25.4. The van der Waals surface area contributed by atoms with Crippen LogP contribution < -0.4 is 0 Å². The normalized spacial score (nSPS) is 18.7. The second-order valence-corrected chi connectivity index (χ2v) is 10.9. The van der Waals surface area contributed by atoms with Crippen molar-refractivity contribution in [2.24, 2.45) is 5.92 Å². The molecule has 0 atom stereocenters. The zero-order valence-corrected chi connectivity index (χ0v) is 22.0. The Morgan fingerprint density at radius 1 is 0.824 bits per heavy atom. The molecule has 0 spiro atoms. The largest absolute Gasteiger partial charge is 0.441 e. The molecular weight excluding hydrogens is 439 g/mol. The average Bonchev–Trinajstić information content (AvgIpc) is 2.86. The van der Waals surface area contributed by atoms with Gasteiger partial charge in [0, 0.05) is 10.8 Å². The van der Waals surface area contributed by atoms with Crippen molar-refractivity contribution in [2.75, 3.05) is 0 Å². The number of aryl methyl sites for hydroxylation is 1. The third-order valence-corrected chi connectivity index (χ3v) is 8.31. The fraction of sp³-hybridized carbons (Fsp3) is 0.581. The van der Waals surface area contributed by atoms with Gasteiger partial charge in [0.15, 0.2) is 16.1 Å². The highest BCUT2D eigenvalue weighted by atomic mass is 32.1. The Morgan fingerprint density at radius 2 is 1.53 bits per heavy atom. The summed E-state index contributed by atoms with van der Waals surface area (Å²) in [6, 6.07) is 10.6. The quantitative estimate of drug-likeness (QED) is 0.154. The van der Waals surface area contributed by atoms with Crippen LogP contribution in [0, 0.1) is 16.4 Å². The molecule has 3 heteroatoms. The Balaban J connectivity index is 1.51. The molecule has 0 unspecified atom stereocenters. The van der Waals surface area contributed by atoms with Gasteiger partial charge < -0.3 is 4.42 Å². The third kappa shape index (κ3) is 5.90. The zero-order chi connectivity index (χ0) is 23.9. The van der Waals surface area contributed by atoms with Gasteiger partial charge in [0.1, 0.15) is 0 Å². The van der Waals surface area contributed by atoms with Crippen molar-refractivity contribution < 1.29 is 8.81 Å². The fourth-order valence-electron chi connectivity index (χ4n) is 5.84. The first-order valence-electron chi connectivity index (χ1n) is 13.8. The van der Waals surface area contributed by atoms with Gasteiger partial charge in [-0.25, -0.2) is 4.39 Å². The van der Waals surface area contributed by atoms with Gasteiger partial charge in [-0.15, -0.1) is 0 Å². The van der Waals surface area contributed by atoms with E-state index in [0.29, 0.717) is 16.2 Å². The van der Waals surface area contributed by atoms with E-state index in [-0.39, 0.29) is 5.82 Å². The van der Waals surface area contributed by atoms with Gasteiger partial charge in [-0.05, 0) is 85.2 Å². The van der Waals surface area contributed by atoms with Crippen LogP contribution in [-0.2, 0) is 6.42 Å². The zero-order valence-electron chi connectivity index (χ0n) is 21.1. The van der Waals surface area contributed by atoms with Crippen LogP contribution in [0.1, 0.15) is 114 Å². The molecule has 1 aromatic heterocycles. The molecule has 0 saturated heterocycles. The molecule has 0 radical (unpaired) electrons. The highest BCUT2D eigenvalue weighted by molar-refractivity contribution is 7.71. The summed E-state index contributed by atoms with van der Waals surface area (Å²) in [5.41, 5.74) is 2.43. The van der Waals surface area contributed by atoms with E-state index in [1.165, 1.54) is 76.2 Å². The Morgan fingerprint density at radius 3 is 2.29 bits per heavy atom. The molecule has 0 N–H and O–H groups in total.